The third-order valence-electron chi connectivity index (χ3n) is 4.59. The van der Waals surface area contributed by atoms with Crippen LogP contribution in [0.2, 0.25) is 0 Å². The summed E-state index contributed by atoms with van der Waals surface area (Å²) >= 11 is 0. The number of nitro benzene ring substituents is 1. The van der Waals surface area contributed by atoms with E-state index in [1.54, 1.807) is 12.1 Å². The van der Waals surface area contributed by atoms with Crippen LogP contribution in [0.15, 0.2) is 54.6 Å². The molecule has 0 saturated carbocycles. The molecule has 1 aliphatic rings. The van der Waals surface area contributed by atoms with E-state index in [9.17, 15) is 14.9 Å². The number of non-ortho nitro benzene ring substituents is 1. The summed E-state index contributed by atoms with van der Waals surface area (Å²) in [5.74, 6) is 0.0517. The zero-order chi connectivity index (χ0) is 17.8. The normalized spacial score (nSPS) is 18.1. The molecule has 3 rings (SSSR count). The third-order valence-corrected chi connectivity index (χ3v) is 4.59. The van der Waals surface area contributed by atoms with Crippen LogP contribution in [0.4, 0.5) is 5.69 Å². The first-order chi connectivity index (χ1) is 12.0. The number of benzene rings is 2. The van der Waals surface area contributed by atoms with E-state index in [-0.39, 0.29) is 24.1 Å². The van der Waals surface area contributed by atoms with Crippen molar-refractivity contribution in [2.24, 2.45) is 0 Å². The lowest BCUT2D eigenvalue weighted by atomic mass is 10.0. The predicted octanol–water partition coefficient (Wildman–Crippen LogP) is 2.65. The van der Waals surface area contributed by atoms with Crippen LogP contribution < -0.4 is 0 Å². The molecule has 1 fully saturated rings. The van der Waals surface area contributed by atoms with Crippen molar-refractivity contribution in [3.05, 3.63) is 75.8 Å². The SMILES string of the molecule is CN1CCN(C(=O)Cc2ccc([N+](=O)[O-])cc2)[C@@H](c2ccccc2)C1. The number of hydrogen-bond acceptors (Lipinski definition) is 4. The van der Waals surface area contributed by atoms with Gasteiger partial charge in [0, 0.05) is 31.8 Å². The van der Waals surface area contributed by atoms with Gasteiger partial charge in [-0.15, -0.1) is 0 Å². The maximum Gasteiger partial charge on any atom is 0.269 e. The van der Waals surface area contributed by atoms with Crippen LogP contribution in [0.5, 0.6) is 0 Å². The second-order valence-electron chi connectivity index (χ2n) is 6.38. The summed E-state index contributed by atoms with van der Waals surface area (Å²) in [4.78, 5) is 27.3. The lowest BCUT2D eigenvalue weighted by Gasteiger charge is -2.40. The quantitative estimate of drug-likeness (QED) is 0.634. The van der Waals surface area contributed by atoms with E-state index in [0.717, 1.165) is 24.2 Å². The molecular weight excluding hydrogens is 318 g/mol. The molecule has 0 radical (unpaired) electrons. The van der Waals surface area contributed by atoms with Crippen LogP contribution in [0.1, 0.15) is 17.2 Å². The predicted molar refractivity (Wildman–Crippen MR) is 95.2 cm³/mol. The molecule has 0 N–H and O–H groups in total. The van der Waals surface area contributed by atoms with Gasteiger partial charge in [0.25, 0.3) is 5.69 Å². The summed E-state index contributed by atoms with van der Waals surface area (Å²) in [6.45, 7) is 2.33. The molecule has 1 heterocycles. The lowest BCUT2D eigenvalue weighted by molar-refractivity contribution is -0.384. The Kier molecular flexibility index (Phi) is 5.09. The molecule has 25 heavy (non-hydrogen) atoms. The standard InChI is InChI=1S/C19H21N3O3/c1-20-11-12-21(18(14-20)16-5-3-2-4-6-16)19(23)13-15-7-9-17(10-8-15)22(24)25/h2-10,18H,11-14H2,1H3/t18-/m1/s1. The van der Waals surface area contributed by atoms with Gasteiger partial charge in [0.15, 0.2) is 0 Å². The number of amides is 1. The van der Waals surface area contributed by atoms with Gasteiger partial charge < -0.3 is 9.80 Å². The second kappa shape index (κ2) is 7.44. The summed E-state index contributed by atoms with van der Waals surface area (Å²) in [5.41, 5.74) is 1.96. The van der Waals surface area contributed by atoms with Crippen molar-refractivity contribution >= 4 is 11.6 Å². The first kappa shape index (κ1) is 17.1. The largest absolute Gasteiger partial charge is 0.333 e. The van der Waals surface area contributed by atoms with Crippen molar-refractivity contribution in [2.45, 2.75) is 12.5 Å². The Balaban J connectivity index is 1.75. The minimum atomic E-state index is -0.433. The molecule has 1 amide bonds. The van der Waals surface area contributed by atoms with Crippen molar-refractivity contribution in [3.8, 4) is 0 Å². The summed E-state index contributed by atoms with van der Waals surface area (Å²) in [5, 5.41) is 10.7. The molecule has 0 bridgehead atoms. The van der Waals surface area contributed by atoms with Crippen molar-refractivity contribution in [1.82, 2.24) is 9.80 Å². The second-order valence-corrected chi connectivity index (χ2v) is 6.38. The maximum atomic E-state index is 12.9. The minimum absolute atomic E-state index is 0.0329. The van der Waals surface area contributed by atoms with Crippen LogP contribution in [-0.4, -0.2) is 47.3 Å². The summed E-state index contributed by atoms with van der Waals surface area (Å²) in [6.07, 6.45) is 0.255. The summed E-state index contributed by atoms with van der Waals surface area (Å²) < 4.78 is 0. The Hall–Kier alpha value is -2.73. The Morgan fingerprint density at radius 1 is 1.12 bits per heavy atom. The van der Waals surface area contributed by atoms with Gasteiger partial charge in [-0.1, -0.05) is 42.5 Å². The molecule has 1 saturated heterocycles. The van der Waals surface area contributed by atoms with Crippen molar-refractivity contribution < 1.29 is 9.72 Å². The van der Waals surface area contributed by atoms with E-state index >= 15 is 0 Å². The zero-order valence-corrected chi connectivity index (χ0v) is 14.2. The first-order valence-electron chi connectivity index (χ1n) is 8.31. The van der Waals surface area contributed by atoms with Gasteiger partial charge in [0.2, 0.25) is 5.91 Å². The molecule has 6 heteroatoms. The molecular formula is C19H21N3O3. The zero-order valence-electron chi connectivity index (χ0n) is 14.2. The average molecular weight is 339 g/mol. The molecule has 0 aromatic heterocycles. The third kappa shape index (κ3) is 4.03. The summed E-state index contributed by atoms with van der Waals surface area (Å²) in [7, 11) is 2.06. The Labute approximate surface area is 146 Å². The van der Waals surface area contributed by atoms with Crippen LogP contribution in [-0.2, 0) is 11.2 Å². The number of likely N-dealkylation sites (N-methyl/N-ethyl adjacent to an activating group) is 1. The van der Waals surface area contributed by atoms with Gasteiger partial charge in [-0.2, -0.15) is 0 Å². The van der Waals surface area contributed by atoms with E-state index in [0.29, 0.717) is 6.54 Å². The average Bonchev–Trinajstić information content (AvgIpc) is 2.62. The number of carbonyl (C=O) groups is 1. The Morgan fingerprint density at radius 3 is 2.44 bits per heavy atom. The van der Waals surface area contributed by atoms with E-state index in [2.05, 4.69) is 24.1 Å². The van der Waals surface area contributed by atoms with Crippen LogP contribution in [0.3, 0.4) is 0 Å². The number of carbonyl (C=O) groups excluding carboxylic acids is 1. The van der Waals surface area contributed by atoms with E-state index in [1.165, 1.54) is 12.1 Å². The number of nitrogens with zero attached hydrogens (tertiary/aromatic N) is 3. The highest BCUT2D eigenvalue weighted by Gasteiger charge is 2.30. The summed E-state index contributed by atoms with van der Waals surface area (Å²) in [6, 6.07) is 16.3. The molecule has 2 aromatic carbocycles. The van der Waals surface area contributed by atoms with E-state index in [1.807, 2.05) is 23.1 Å². The maximum absolute atomic E-state index is 12.9. The fraction of sp³-hybridized carbons (Fsp3) is 0.316. The van der Waals surface area contributed by atoms with Gasteiger partial charge in [-0.05, 0) is 18.2 Å². The van der Waals surface area contributed by atoms with Crippen LogP contribution in [0, 0.1) is 10.1 Å². The molecule has 6 nitrogen and oxygen atoms in total. The highest BCUT2D eigenvalue weighted by Crippen LogP contribution is 2.25. The molecule has 2 aromatic rings. The highest BCUT2D eigenvalue weighted by atomic mass is 16.6. The molecule has 0 aliphatic carbocycles. The van der Waals surface area contributed by atoms with Crippen molar-refractivity contribution in [3.63, 3.8) is 0 Å². The molecule has 0 spiro atoms. The fourth-order valence-corrected chi connectivity index (χ4v) is 3.19. The van der Waals surface area contributed by atoms with Gasteiger partial charge >= 0.3 is 0 Å². The molecule has 130 valence electrons. The lowest BCUT2D eigenvalue weighted by Crippen LogP contribution is -2.49. The van der Waals surface area contributed by atoms with Crippen LogP contribution in [0.25, 0.3) is 0 Å². The van der Waals surface area contributed by atoms with Crippen molar-refractivity contribution in [2.75, 3.05) is 26.7 Å². The van der Waals surface area contributed by atoms with E-state index in [4.69, 9.17) is 0 Å². The van der Waals surface area contributed by atoms with Crippen molar-refractivity contribution in [1.29, 1.82) is 0 Å². The Bertz CT molecular complexity index is 746. The minimum Gasteiger partial charge on any atom is -0.333 e. The number of nitro groups is 1. The molecule has 0 unspecified atom stereocenters. The van der Waals surface area contributed by atoms with E-state index < -0.39 is 4.92 Å². The number of piperazine rings is 1. The van der Waals surface area contributed by atoms with Gasteiger partial charge in [-0.3, -0.25) is 14.9 Å². The van der Waals surface area contributed by atoms with Crippen LogP contribution >= 0.6 is 0 Å². The number of rotatable bonds is 4. The molecule has 1 atom stereocenters. The van der Waals surface area contributed by atoms with Gasteiger partial charge in [0.1, 0.15) is 0 Å². The monoisotopic (exact) mass is 339 g/mol. The molecule has 1 aliphatic heterocycles. The highest BCUT2D eigenvalue weighted by molar-refractivity contribution is 5.79. The number of hydrogen-bond donors (Lipinski definition) is 0. The first-order valence-corrected chi connectivity index (χ1v) is 8.31. The topological polar surface area (TPSA) is 66.7 Å². The smallest absolute Gasteiger partial charge is 0.269 e. The van der Waals surface area contributed by atoms with Gasteiger partial charge in [-0.25, -0.2) is 0 Å². The fourth-order valence-electron chi connectivity index (χ4n) is 3.19. The Morgan fingerprint density at radius 2 is 1.80 bits per heavy atom. The van der Waals surface area contributed by atoms with Gasteiger partial charge in [0.05, 0.1) is 17.4 Å².